The maximum absolute atomic E-state index is 10.8. The van der Waals surface area contributed by atoms with E-state index < -0.39 is 0 Å². The highest BCUT2D eigenvalue weighted by Gasteiger charge is 2.13. The summed E-state index contributed by atoms with van der Waals surface area (Å²) in [5.74, 6) is 0.537. The van der Waals surface area contributed by atoms with Gasteiger partial charge in [0.05, 0.1) is 20.1 Å². The zero-order valence-corrected chi connectivity index (χ0v) is 8.96. The number of methoxy groups -OCH3 is 1. The van der Waals surface area contributed by atoms with Gasteiger partial charge in [-0.05, 0) is 18.8 Å². The third kappa shape index (κ3) is 6.50. The molecule has 0 N–H and O–H groups in total. The minimum Gasteiger partial charge on any atom is -0.469 e. The zero-order valence-electron chi connectivity index (χ0n) is 8.96. The van der Waals surface area contributed by atoms with E-state index in [-0.39, 0.29) is 13.4 Å². The predicted molar refractivity (Wildman–Crippen MR) is 60.8 cm³/mol. The van der Waals surface area contributed by atoms with Gasteiger partial charge in [-0.3, -0.25) is 4.79 Å². The molecule has 3 heteroatoms. The summed E-state index contributed by atoms with van der Waals surface area (Å²) in [4.78, 5) is 10.8. The molecule has 0 atom stereocenters. The van der Waals surface area contributed by atoms with Crippen LogP contribution in [-0.4, -0.2) is 26.3 Å². The molecule has 0 aromatic carbocycles. The van der Waals surface area contributed by atoms with E-state index in [0.29, 0.717) is 13.0 Å². The molecule has 0 saturated heterocycles. The fourth-order valence-corrected chi connectivity index (χ4v) is 1.86. The van der Waals surface area contributed by atoms with E-state index in [1.54, 1.807) is 0 Å². The lowest BCUT2D eigenvalue weighted by molar-refractivity contribution is -0.141. The molecule has 1 aliphatic rings. The van der Waals surface area contributed by atoms with Crippen LogP contribution in [0.5, 0.6) is 0 Å². The first-order valence-electron chi connectivity index (χ1n) is 5.47. The normalized spacial score (nSPS) is 16.9. The lowest BCUT2D eigenvalue weighted by Gasteiger charge is -2.21. The molecular formula is C12H24O3. The van der Waals surface area contributed by atoms with E-state index in [4.69, 9.17) is 4.74 Å². The molecule has 0 amide bonds. The van der Waals surface area contributed by atoms with Crippen LogP contribution in [0, 0.1) is 5.92 Å². The molecular weight excluding hydrogens is 192 g/mol. The van der Waals surface area contributed by atoms with Gasteiger partial charge in [0.1, 0.15) is 0 Å². The Balaban J connectivity index is 0.00000196. The highest BCUT2D eigenvalue weighted by atomic mass is 16.5. The van der Waals surface area contributed by atoms with E-state index in [1.807, 2.05) is 0 Å². The maximum atomic E-state index is 10.8. The Labute approximate surface area is 93.1 Å². The Kier molecular flexibility index (Phi) is 8.38. The first-order chi connectivity index (χ1) is 6.83. The maximum Gasteiger partial charge on any atom is 0.307 e. The predicted octanol–water partition coefficient (Wildman–Crippen LogP) is 2.78. The van der Waals surface area contributed by atoms with Crippen molar-refractivity contribution in [1.82, 2.24) is 0 Å². The topological polar surface area (TPSA) is 35.5 Å². The van der Waals surface area contributed by atoms with Crippen LogP contribution >= 0.6 is 0 Å². The second kappa shape index (κ2) is 8.72. The number of ether oxygens (including phenoxy) is 2. The number of hydrogen-bond acceptors (Lipinski definition) is 3. The molecule has 0 radical (unpaired) electrons. The summed E-state index contributed by atoms with van der Waals surface area (Å²) < 4.78 is 9.97. The summed E-state index contributed by atoms with van der Waals surface area (Å²) >= 11 is 0. The van der Waals surface area contributed by atoms with Gasteiger partial charge in [-0.25, -0.2) is 0 Å². The molecule has 0 unspecified atom stereocenters. The highest BCUT2D eigenvalue weighted by Crippen LogP contribution is 2.23. The smallest absolute Gasteiger partial charge is 0.307 e. The van der Waals surface area contributed by atoms with Gasteiger partial charge in [0.25, 0.3) is 0 Å². The molecule has 0 aromatic rings. The van der Waals surface area contributed by atoms with Gasteiger partial charge in [-0.15, -0.1) is 0 Å². The van der Waals surface area contributed by atoms with Crippen molar-refractivity contribution in [3.63, 3.8) is 0 Å². The number of carbonyl (C=O) groups excluding carboxylic acids is 1. The van der Waals surface area contributed by atoms with Crippen LogP contribution in [0.1, 0.15) is 46.0 Å². The Morgan fingerprint density at radius 2 is 1.93 bits per heavy atom. The molecule has 0 bridgehead atoms. The molecule has 1 fully saturated rings. The van der Waals surface area contributed by atoms with Crippen molar-refractivity contribution in [3.8, 4) is 0 Å². The standard InChI is InChI=1S/C11H20O3.CH4/c1-13-11(12)7-8-14-9-10-5-3-2-4-6-10;/h10H,2-9H2,1H3;1H4. The average molecular weight is 216 g/mol. The third-order valence-electron chi connectivity index (χ3n) is 2.76. The van der Waals surface area contributed by atoms with E-state index in [1.165, 1.54) is 39.2 Å². The Morgan fingerprint density at radius 3 is 2.53 bits per heavy atom. The summed E-state index contributed by atoms with van der Waals surface area (Å²) in [6.45, 7) is 1.32. The van der Waals surface area contributed by atoms with Gasteiger partial charge in [0.15, 0.2) is 0 Å². The van der Waals surface area contributed by atoms with E-state index in [0.717, 1.165) is 12.5 Å². The van der Waals surface area contributed by atoms with Gasteiger partial charge >= 0.3 is 5.97 Å². The summed E-state index contributed by atoms with van der Waals surface area (Å²) in [6, 6.07) is 0. The van der Waals surface area contributed by atoms with Crippen LogP contribution in [0.2, 0.25) is 0 Å². The Hall–Kier alpha value is -0.570. The minimum absolute atomic E-state index is 0. The fraction of sp³-hybridized carbons (Fsp3) is 0.917. The van der Waals surface area contributed by atoms with Crippen molar-refractivity contribution in [1.29, 1.82) is 0 Å². The number of hydrogen-bond donors (Lipinski definition) is 0. The quantitative estimate of drug-likeness (QED) is 0.523. The summed E-state index contributed by atoms with van der Waals surface area (Å²) in [5.41, 5.74) is 0. The summed E-state index contributed by atoms with van der Waals surface area (Å²) in [7, 11) is 1.41. The number of esters is 1. The van der Waals surface area contributed by atoms with Gasteiger partial charge in [0, 0.05) is 6.61 Å². The lowest BCUT2D eigenvalue weighted by atomic mass is 9.90. The zero-order chi connectivity index (χ0) is 10.2. The van der Waals surface area contributed by atoms with Crippen LogP contribution in [0.3, 0.4) is 0 Å². The fourth-order valence-electron chi connectivity index (χ4n) is 1.86. The van der Waals surface area contributed by atoms with E-state index in [9.17, 15) is 4.79 Å². The van der Waals surface area contributed by atoms with Gasteiger partial charge in [-0.2, -0.15) is 0 Å². The Bertz CT molecular complexity index is 162. The molecule has 3 nitrogen and oxygen atoms in total. The molecule has 1 aliphatic carbocycles. The minimum atomic E-state index is -0.186. The number of carbonyl (C=O) groups is 1. The van der Waals surface area contributed by atoms with Crippen LogP contribution < -0.4 is 0 Å². The first kappa shape index (κ1) is 14.4. The van der Waals surface area contributed by atoms with Crippen molar-refractivity contribution < 1.29 is 14.3 Å². The number of rotatable bonds is 5. The van der Waals surface area contributed by atoms with Crippen molar-refractivity contribution >= 4 is 5.97 Å². The molecule has 0 spiro atoms. The van der Waals surface area contributed by atoms with E-state index >= 15 is 0 Å². The van der Waals surface area contributed by atoms with Crippen LogP contribution in [0.15, 0.2) is 0 Å². The van der Waals surface area contributed by atoms with Crippen molar-refractivity contribution in [2.75, 3.05) is 20.3 Å². The second-order valence-corrected chi connectivity index (χ2v) is 3.91. The van der Waals surface area contributed by atoms with Gasteiger partial charge in [-0.1, -0.05) is 26.7 Å². The molecule has 1 rings (SSSR count). The van der Waals surface area contributed by atoms with Crippen LogP contribution in [0.25, 0.3) is 0 Å². The van der Waals surface area contributed by atoms with Crippen LogP contribution in [-0.2, 0) is 14.3 Å². The SMILES string of the molecule is C.COC(=O)CCOCC1CCCCC1. The lowest BCUT2D eigenvalue weighted by Crippen LogP contribution is -2.15. The molecule has 90 valence electrons. The highest BCUT2D eigenvalue weighted by molar-refractivity contribution is 5.69. The van der Waals surface area contributed by atoms with Crippen LogP contribution in [0.4, 0.5) is 0 Å². The van der Waals surface area contributed by atoms with Gasteiger partial charge in [0.2, 0.25) is 0 Å². The largest absolute Gasteiger partial charge is 0.469 e. The first-order valence-corrected chi connectivity index (χ1v) is 5.47. The summed E-state index contributed by atoms with van der Waals surface area (Å²) in [6.07, 6.45) is 7.01. The molecule has 0 heterocycles. The second-order valence-electron chi connectivity index (χ2n) is 3.91. The molecule has 15 heavy (non-hydrogen) atoms. The van der Waals surface area contributed by atoms with Crippen molar-refractivity contribution in [2.45, 2.75) is 46.0 Å². The molecule has 0 aromatic heterocycles. The average Bonchev–Trinajstić information content (AvgIpc) is 2.25. The van der Waals surface area contributed by atoms with E-state index in [2.05, 4.69) is 4.74 Å². The molecule has 1 saturated carbocycles. The van der Waals surface area contributed by atoms with Crippen molar-refractivity contribution in [2.24, 2.45) is 5.92 Å². The van der Waals surface area contributed by atoms with Crippen molar-refractivity contribution in [3.05, 3.63) is 0 Å². The van der Waals surface area contributed by atoms with Gasteiger partial charge < -0.3 is 9.47 Å². The molecule has 0 aliphatic heterocycles. The summed E-state index contributed by atoms with van der Waals surface area (Å²) in [5, 5.41) is 0. The third-order valence-corrected chi connectivity index (χ3v) is 2.76. The monoisotopic (exact) mass is 216 g/mol. The Morgan fingerprint density at radius 1 is 1.27 bits per heavy atom.